The zero-order chi connectivity index (χ0) is 15.7. The fourth-order valence-electron chi connectivity index (χ4n) is 1.33. The molecule has 1 aromatic rings. The van der Waals surface area contributed by atoms with Gasteiger partial charge in [-0.05, 0) is 5.56 Å². The minimum Gasteiger partial charge on any atom is -0.403 e. The van der Waals surface area contributed by atoms with Crippen molar-refractivity contribution >= 4 is 15.9 Å². The number of alkyl halides is 9. The van der Waals surface area contributed by atoms with Crippen molar-refractivity contribution in [2.75, 3.05) is 0 Å². The quantitative estimate of drug-likeness (QED) is 0.559. The predicted molar refractivity (Wildman–Crippen MR) is 53.5 cm³/mol. The van der Waals surface area contributed by atoms with Crippen LogP contribution in [0, 0.1) is 0 Å². The summed E-state index contributed by atoms with van der Waals surface area (Å²) in [5.41, 5.74) is -4.41. The van der Waals surface area contributed by atoms with E-state index in [0.717, 1.165) is 0 Å². The third-order valence-corrected chi connectivity index (χ3v) is 2.60. The van der Waals surface area contributed by atoms with Crippen LogP contribution in [-0.4, -0.2) is 11.3 Å². The lowest BCUT2D eigenvalue weighted by molar-refractivity contribution is -0.277. The average molecular weight is 374 g/mol. The third-order valence-electron chi connectivity index (χ3n) is 1.99. The number of halogens is 9. The van der Waals surface area contributed by atoms with Crippen LogP contribution in [0.1, 0.15) is 23.2 Å². The Kier molecular flexibility index (Phi) is 4.82. The van der Waals surface area contributed by atoms with Crippen molar-refractivity contribution in [3.8, 4) is 5.75 Å². The van der Waals surface area contributed by atoms with E-state index in [1.54, 1.807) is 0 Å². The van der Waals surface area contributed by atoms with Crippen molar-refractivity contribution in [2.24, 2.45) is 0 Å². The van der Waals surface area contributed by atoms with Gasteiger partial charge in [0.15, 0.2) is 5.75 Å². The first kappa shape index (κ1) is 16.9. The second kappa shape index (κ2) is 5.70. The van der Waals surface area contributed by atoms with Crippen LogP contribution < -0.4 is 4.74 Å². The molecule has 11 heteroatoms. The van der Waals surface area contributed by atoms with Gasteiger partial charge in [-0.15, -0.1) is 13.2 Å². The van der Waals surface area contributed by atoms with Gasteiger partial charge >= 0.3 is 12.5 Å². The summed E-state index contributed by atoms with van der Waals surface area (Å²) >= 11 is 2.61. The molecule has 0 aliphatic carbocycles. The van der Waals surface area contributed by atoms with E-state index in [1.807, 2.05) is 0 Å². The molecule has 1 rings (SSSR count). The van der Waals surface area contributed by atoms with Crippen LogP contribution in [0.5, 0.6) is 5.75 Å². The largest absolute Gasteiger partial charge is 0.573 e. The zero-order valence-corrected chi connectivity index (χ0v) is 10.7. The Balaban J connectivity index is 3.61. The van der Waals surface area contributed by atoms with Gasteiger partial charge in [-0.3, -0.25) is 4.98 Å². The number of pyridine rings is 1. The van der Waals surface area contributed by atoms with E-state index >= 15 is 0 Å². The first-order chi connectivity index (χ1) is 8.97. The Morgan fingerprint density at radius 1 is 1.15 bits per heavy atom. The molecule has 114 valence electrons. The van der Waals surface area contributed by atoms with E-state index in [2.05, 4.69) is 25.7 Å². The standard InChI is InChI=1S/C9H4BrF8NO/c10-1-3-2-19-5(7(11)12)6(20-9(16,17)18)4(3)8(13,14)15/h2,7H,1H2. The minimum absolute atomic E-state index is 0.419. The molecule has 0 unspecified atom stereocenters. The maximum absolute atomic E-state index is 12.8. The lowest BCUT2D eigenvalue weighted by Crippen LogP contribution is -2.23. The number of hydrogen-bond acceptors (Lipinski definition) is 2. The normalized spacial score (nSPS) is 12.9. The first-order valence-electron chi connectivity index (χ1n) is 4.66. The molecule has 0 spiro atoms. The van der Waals surface area contributed by atoms with Gasteiger partial charge in [0.05, 0.1) is 0 Å². The summed E-state index contributed by atoms with van der Waals surface area (Å²) < 4.78 is 103. The van der Waals surface area contributed by atoms with Gasteiger partial charge < -0.3 is 4.74 Å². The molecule has 0 radical (unpaired) electrons. The number of rotatable bonds is 3. The van der Waals surface area contributed by atoms with Crippen molar-refractivity contribution < 1.29 is 39.9 Å². The van der Waals surface area contributed by atoms with E-state index in [4.69, 9.17) is 0 Å². The summed E-state index contributed by atoms with van der Waals surface area (Å²) in [4.78, 5) is 2.90. The number of aromatic nitrogens is 1. The van der Waals surface area contributed by atoms with Crippen molar-refractivity contribution in [3.63, 3.8) is 0 Å². The molecule has 1 aromatic heterocycles. The molecule has 0 aromatic carbocycles. The van der Waals surface area contributed by atoms with Gasteiger partial charge in [0.1, 0.15) is 11.3 Å². The average Bonchev–Trinajstić information content (AvgIpc) is 2.23. The summed E-state index contributed by atoms with van der Waals surface area (Å²) in [6.45, 7) is 0. The van der Waals surface area contributed by atoms with Gasteiger partial charge in [0.2, 0.25) is 0 Å². The predicted octanol–water partition coefficient (Wildman–Crippen LogP) is 4.83. The SMILES string of the molecule is FC(F)c1ncc(CBr)c(C(F)(F)F)c1OC(F)(F)F. The number of hydrogen-bond donors (Lipinski definition) is 0. The van der Waals surface area contributed by atoms with Crippen LogP contribution in [0.25, 0.3) is 0 Å². The Hall–Kier alpha value is -1.13. The topological polar surface area (TPSA) is 22.1 Å². The molecule has 0 amide bonds. The number of ether oxygens (including phenoxy) is 1. The van der Waals surface area contributed by atoms with Crippen LogP contribution in [0.3, 0.4) is 0 Å². The summed E-state index contributed by atoms with van der Waals surface area (Å²) in [5, 5.41) is -0.535. The van der Waals surface area contributed by atoms with Gasteiger partial charge in [0.25, 0.3) is 6.43 Å². The Morgan fingerprint density at radius 2 is 1.70 bits per heavy atom. The molecule has 0 saturated heterocycles. The smallest absolute Gasteiger partial charge is 0.403 e. The van der Waals surface area contributed by atoms with E-state index < -0.39 is 46.9 Å². The van der Waals surface area contributed by atoms with Crippen LogP contribution in [0.15, 0.2) is 6.20 Å². The molecule has 0 bridgehead atoms. The molecule has 0 atom stereocenters. The van der Waals surface area contributed by atoms with E-state index in [0.29, 0.717) is 6.20 Å². The van der Waals surface area contributed by atoms with Crippen molar-refractivity contribution in [1.29, 1.82) is 0 Å². The summed E-state index contributed by atoms with van der Waals surface area (Å²) in [5.74, 6) is -2.03. The van der Waals surface area contributed by atoms with Gasteiger partial charge in [-0.1, -0.05) is 15.9 Å². The Labute approximate surface area is 114 Å². The molecular formula is C9H4BrF8NO. The lowest BCUT2D eigenvalue weighted by atomic mass is 10.1. The maximum atomic E-state index is 12.8. The Morgan fingerprint density at radius 3 is 2.05 bits per heavy atom. The van der Waals surface area contributed by atoms with E-state index in [1.165, 1.54) is 0 Å². The highest BCUT2D eigenvalue weighted by Crippen LogP contribution is 2.44. The summed E-state index contributed by atoms with van der Waals surface area (Å²) in [6.07, 6.45) is -14.1. The maximum Gasteiger partial charge on any atom is 0.573 e. The van der Waals surface area contributed by atoms with Gasteiger partial charge in [-0.2, -0.15) is 13.2 Å². The molecule has 20 heavy (non-hydrogen) atoms. The van der Waals surface area contributed by atoms with Crippen LogP contribution >= 0.6 is 15.9 Å². The van der Waals surface area contributed by atoms with Crippen molar-refractivity contribution in [2.45, 2.75) is 24.3 Å². The molecule has 0 N–H and O–H groups in total. The van der Waals surface area contributed by atoms with Crippen LogP contribution in [0.2, 0.25) is 0 Å². The highest BCUT2D eigenvalue weighted by atomic mass is 79.9. The van der Waals surface area contributed by atoms with Crippen molar-refractivity contribution in [1.82, 2.24) is 4.98 Å². The van der Waals surface area contributed by atoms with Crippen LogP contribution in [-0.2, 0) is 11.5 Å². The van der Waals surface area contributed by atoms with Crippen LogP contribution in [0.4, 0.5) is 35.1 Å². The molecular weight excluding hydrogens is 370 g/mol. The molecule has 0 aliphatic heterocycles. The van der Waals surface area contributed by atoms with Gasteiger partial charge in [-0.25, -0.2) is 8.78 Å². The number of nitrogens with zero attached hydrogens (tertiary/aromatic N) is 1. The first-order valence-corrected chi connectivity index (χ1v) is 5.78. The summed E-state index contributed by atoms with van der Waals surface area (Å²) in [7, 11) is 0. The highest BCUT2D eigenvalue weighted by molar-refractivity contribution is 9.08. The van der Waals surface area contributed by atoms with Gasteiger partial charge in [0, 0.05) is 11.5 Å². The second-order valence-corrected chi connectivity index (χ2v) is 3.91. The van der Waals surface area contributed by atoms with E-state index in [9.17, 15) is 35.1 Å². The molecule has 0 fully saturated rings. The molecule has 2 nitrogen and oxygen atoms in total. The molecule has 0 saturated carbocycles. The lowest BCUT2D eigenvalue weighted by Gasteiger charge is -2.20. The minimum atomic E-state index is -5.56. The monoisotopic (exact) mass is 373 g/mol. The zero-order valence-electron chi connectivity index (χ0n) is 9.12. The fraction of sp³-hybridized carbons (Fsp3) is 0.444. The Bertz CT molecular complexity index is 484. The molecule has 1 heterocycles. The second-order valence-electron chi connectivity index (χ2n) is 3.35. The highest BCUT2D eigenvalue weighted by Gasteiger charge is 2.44. The molecule has 0 aliphatic rings. The third kappa shape index (κ3) is 3.93. The van der Waals surface area contributed by atoms with Crippen molar-refractivity contribution in [3.05, 3.63) is 23.0 Å². The fourth-order valence-corrected chi connectivity index (χ4v) is 1.76. The van der Waals surface area contributed by atoms with E-state index in [-0.39, 0.29) is 0 Å². The summed E-state index contributed by atoms with van der Waals surface area (Å²) in [6, 6.07) is 0.